The molecule has 4 aromatic rings. The van der Waals surface area contributed by atoms with Gasteiger partial charge in [-0.25, -0.2) is 9.67 Å². The third-order valence-electron chi connectivity index (χ3n) is 10.6. The van der Waals surface area contributed by atoms with Gasteiger partial charge in [0.05, 0.1) is 17.3 Å². The third-order valence-corrected chi connectivity index (χ3v) is 10.6. The number of carbonyl (C=O) groups excluding carboxylic acids is 2. The van der Waals surface area contributed by atoms with E-state index in [1.54, 1.807) is 0 Å². The van der Waals surface area contributed by atoms with Crippen molar-refractivity contribution in [3.63, 3.8) is 0 Å². The fourth-order valence-electron chi connectivity index (χ4n) is 7.58. The fraction of sp³-hybridized carbons (Fsp3) is 0.524. The van der Waals surface area contributed by atoms with E-state index in [0.717, 1.165) is 98.7 Å². The number of amides is 2. The number of nitrogens with zero attached hydrogens (tertiary/aromatic N) is 4. The van der Waals surface area contributed by atoms with E-state index in [9.17, 15) is 9.59 Å². The number of anilines is 1. The van der Waals surface area contributed by atoms with E-state index in [4.69, 9.17) is 9.72 Å². The lowest BCUT2D eigenvalue weighted by atomic mass is 9.96. The van der Waals surface area contributed by atoms with Crippen molar-refractivity contribution in [2.45, 2.75) is 111 Å². The molecule has 284 valence electrons. The average molecular weight is 723 g/mol. The van der Waals surface area contributed by atoms with E-state index in [1.807, 2.05) is 10.9 Å². The molecule has 0 aliphatic carbocycles. The summed E-state index contributed by atoms with van der Waals surface area (Å²) in [4.78, 5) is 33.3. The molecule has 0 saturated carbocycles. The first kappa shape index (κ1) is 38.4. The quantitative estimate of drug-likeness (QED) is 0.106. The van der Waals surface area contributed by atoms with Crippen LogP contribution in [0.5, 0.6) is 0 Å². The van der Waals surface area contributed by atoms with E-state index >= 15 is 0 Å². The minimum absolute atomic E-state index is 0.00296. The highest BCUT2D eigenvalue weighted by Crippen LogP contribution is 2.31. The van der Waals surface area contributed by atoms with Crippen LogP contribution in [0.2, 0.25) is 0 Å². The zero-order valence-corrected chi connectivity index (χ0v) is 32.1. The van der Waals surface area contributed by atoms with Crippen molar-refractivity contribution in [2.75, 3.05) is 38.2 Å². The monoisotopic (exact) mass is 722 g/mol. The largest absolute Gasteiger partial charge is 0.381 e. The average Bonchev–Trinajstić information content (AvgIpc) is 3.59. The zero-order chi connectivity index (χ0) is 37.2. The summed E-state index contributed by atoms with van der Waals surface area (Å²) in [6.45, 7) is 15.7. The number of benzene rings is 2. The van der Waals surface area contributed by atoms with Crippen LogP contribution in [0.1, 0.15) is 87.2 Å². The maximum Gasteiger partial charge on any atom is 0.220 e. The van der Waals surface area contributed by atoms with Crippen LogP contribution in [-0.4, -0.2) is 76.4 Å². The van der Waals surface area contributed by atoms with Gasteiger partial charge in [0.15, 0.2) is 5.65 Å². The number of carbonyl (C=O) groups is 2. The van der Waals surface area contributed by atoms with E-state index < -0.39 is 0 Å². The van der Waals surface area contributed by atoms with E-state index in [2.05, 4.69) is 101 Å². The highest BCUT2D eigenvalue weighted by Gasteiger charge is 2.22. The molecular weight excluding hydrogens is 665 g/mol. The molecule has 4 heterocycles. The second-order valence-electron chi connectivity index (χ2n) is 14.7. The molecule has 11 nitrogen and oxygen atoms in total. The van der Waals surface area contributed by atoms with Crippen molar-refractivity contribution in [2.24, 2.45) is 0 Å². The molecule has 2 aliphatic heterocycles. The number of unbranched alkanes of at least 4 members (excludes halogenated alkanes) is 1. The van der Waals surface area contributed by atoms with Gasteiger partial charge in [-0.1, -0.05) is 37.3 Å². The molecule has 4 N–H and O–H groups in total. The van der Waals surface area contributed by atoms with Gasteiger partial charge in [0.2, 0.25) is 11.8 Å². The summed E-state index contributed by atoms with van der Waals surface area (Å²) < 4.78 is 7.52. The normalized spacial score (nSPS) is 16.9. The first-order chi connectivity index (χ1) is 25.8. The molecule has 6 rings (SSSR count). The van der Waals surface area contributed by atoms with Gasteiger partial charge in [0, 0.05) is 95.2 Å². The fourth-order valence-corrected chi connectivity index (χ4v) is 7.58. The minimum atomic E-state index is -0.0208. The Morgan fingerprint density at radius 3 is 2.49 bits per heavy atom. The summed E-state index contributed by atoms with van der Waals surface area (Å²) in [5, 5.41) is 19.1. The Hall–Kier alpha value is -4.32. The summed E-state index contributed by atoms with van der Waals surface area (Å²) in [7, 11) is 0. The number of hydrogen-bond acceptors (Lipinski definition) is 8. The van der Waals surface area contributed by atoms with Gasteiger partial charge in [-0.2, -0.15) is 5.10 Å². The number of hydrogen-bond donors (Lipinski definition) is 4. The van der Waals surface area contributed by atoms with Gasteiger partial charge in [-0.3, -0.25) is 14.5 Å². The summed E-state index contributed by atoms with van der Waals surface area (Å²) in [6.07, 6.45) is 6.56. The van der Waals surface area contributed by atoms with Crippen LogP contribution >= 0.6 is 0 Å². The number of aryl methyl sites for hydroxylation is 3. The molecule has 2 fully saturated rings. The SMILES string of the molecule is CCc1nc2c(cnn2CC)c(NC2CCOCC2)c1CNC(=O)CCCCC(=O)NCc1ccc(C)c(-c2cccc(CN3CCN[C@@H](C)C3)c2)c1. The Morgan fingerprint density at radius 2 is 1.75 bits per heavy atom. The van der Waals surface area contributed by atoms with E-state index in [0.29, 0.717) is 50.9 Å². The maximum absolute atomic E-state index is 13.0. The van der Waals surface area contributed by atoms with Crippen LogP contribution in [0, 0.1) is 6.92 Å². The Morgan fingerprint density at radius 1 is 0.981 bits per heavy atom. The zero-order valence-electron chi connectivity index (χ0n) is 32.1. The van der Waals surface area contributed by atoms with Crippen LogP contribution in [-0.2, 0) is 46.9 Å². The number of piperazine rings is 1. The molecule has 1 atom stereocenters. The lowest BCUT2D eigenvalue weighted by Gasteiger charge is -2.31. The first-order valence-electron chi connectivity index (χ1n) is 19.7. The predicted octanol–water partition coefficient (Wildman–Crippen LogP) is 5.87. The topological polar surface area (TPSA) is 125 Å². The Balaban J connectivity index is 0.974. The van der Waals surface area contributed by atoms with Gasteiger partial charge in [-0.15, -0.1) is 0 Å². The van der Waals surface area contributed by atoms with E-state index in [-0.39, 0.29) is 11.8 Å². The standard InChI is InChI=1S/C42H58N8O3/c1-5-38-36(41(47-34-16-20-53-21-17-34)37-26-46-50(6-2)42(37)48-38)25-45-40(52)13-8-7-12-39(51)44-24-31-15-14-29(3)35(23-31)33-11-9-10-32(22-33)28-49-19-18-43-30(4)27-49/h9-11,14-15,22-23,26,30,34,43H,5-8,12-13,16-21,24-25,27-28H2,1-4H3,(H,44,51)(H,45,52)(H,47,48)/t30-/m0/s1. The summed E-state index contributed by atoms with van der Waals surface area (Å²) in [5.74, 6) is -0.0178. The highest BCUT2D eigenvalue weighted by molar-refractivity contribution is 5.92. The summed E-state index contributed by atoms with van der Waals surface area (Å²) in [5.41, 5.74) is 9.89. The molecule has 2 saturated heterocycles. The minimum Gasteiger partial charge on any atom is -0.381 e. The number of aromatic nitrogens is 3. The van der Waals surface area contributed by atoms with Crippen LogP contribution < -0.4 is 21.3 Å². The van der Waals surface area contributed by atoms with Gasteiger partial charge in [-0.05, 0) is 92.8 Å². The smallest absolute Gasteiger partial charge is 0.220 e. The molecular formula is C42H58N8O3. The van der Waals surface area contributed by atoms with Crippen LogP contribution in [0.3, 0.4) is 0 Å². The van der Waals surface area contributed by atoms with Gasteiger partial charge >= 0.3 is 0 Å². The van der Waals surface area contributed by atoms with E-state index in [1.165, 1.54) is 22.3 Å². The molecule has 2 aliphatic rings. The maximum atomic E-state index is 13.0. The number of rotatable bonds is 16. The lowest BCUT2D eigenvalue weighted by molar-refractivity contribution is -0.123. The van der Waals surface area contributed by atoms with Crippen molar-refractivity contribution >= 4 is 28.5 Å². The van der Waals surface area contributed by atoms with Gasteiger partial charge in [0.25, 0.3) is 0 Å². The summed E-state index contributed by atoms with van der Waals surface area (Å²) in [6, 6.07) is 16.1. The summed E-state index contributed by atoms with van der Waals surface area (Å²) >= 11 is 0. The molecule has 0 bridgehead atoms. The molecule has 0 radical (unpaired) electrons. The molecule has 2 aromatic heterocycles. The Kier molecular flexibility index (Phi) is 13.5. The molecule has 0 unspecified atom stereocenters. The van der Waals surface area contributed by atoms with Crippen molar-refractivity contribution < 1.29 is 14.3 Å². The molecule has 2 amide bonds. The molecule has 11 heteroatoms. The Labute approximate surface area is 314 Å². The van der Waals surface area contributed by atoms with Crippen molar-refractivity contribution in [1.29, 1.82) is 0 Å². The number of pyridine rings is 1. The number of ether oxygens (including phenoxy) is 1. The van der Waals surface area contributed by atoms with Crippen LogP contribution in [0.25, 0.3) is 22.2 Å². The second kappa shape index (κ2) is 18.6. The van der Waals surface area contributed by atoms with Crippen LogP contribution in [0.15, 0.2) is 48.7 Å². The third kappa shape index (κ3) is 10.2. The highest BCUT2D eigenvalue weighted by atomic mass is 16.5. The van der Waals surface area contributed by atoms with Crippen molar-refractivity contribution in [3.05, 3.63) is 76.6 Å². The second-order valence-corrected chi connectivity index (χ2v) is 14.7. The van der Waals surface area contributed by atoms with Gasteiger partial charge < -0.3 is 26.0 Å². The van der Waals surface area contributed by atoms with Gasteiger partial charge in [0.1, 0.15) is 0 Å². The molecule has 2 aromatic carbocycles. The van der Waals surface area contributed by atoms with Crippen molar-refractivity contribution in [1.82, 2.24) is 35.6 Å². The van der Waals surface area contributed by atoms with Crippen LogP contribution in [0.4, 0.5) is 5.69 Å². The molecule has 0 spiro atoms. The number of nitrogens with one attached hydrogen (secondary N) is 4. The lowest BCUT2D eigenvalue weighted by Crippen LogP contribution is -2.48. The Bertz CT molecular complexity index is 1850. The first-order valence-corrected chi connectivity index (χ1v) is 19.7. The number of fused-ring (bicyclic) bond motifs is 1. The van der Waals surface area contributed by atoms with Crippen molar-refractivity contribution in [3.8, 4) is 11.1 Å². The molecule has 53 heavy (non-hydrogen) atoms. The predicted molar refractivity (Wildman–Crippen MR) is 212 cm³/mol.